The van der Waals surface area contributed by atoms with Crippen molar-refractivity contribution in [3.8, 4) is 11.5 Å². The summed E-state index contributed by atoms with van der Waals surface area (Å²) < 4.78 is 11.5. The van der Waals surface area contributed by atoms with Gasteiger partial charge in [-0.2, -0.15) is 0 Å². The minimum atomic E-state index is -0.432. The monoisotopic (exact) mass is 382 g/mol. The van der Waals surface area contributed by atoms with E-state index in [0.717, 1.165) is 5.75 Å². The van der Waals surface area contributed by atoms with Gasteiger partial charge in [0.1, 0.15) is 11.5 Å². The molecule has 0 N–H and O–H groups in total. The van der Waals surface area contributed by atoms with Crippen molar-refractivity contribution in [3.05, 3.63) is 57.5 Å². The van der Waals surface area contributed by atoms with Crippen LogP contribution in [0.3, 0.4) is 0 Å². The van der Waals surface area contributed by atoms with Crippen molar-refractivity contribution in [1.82, 2.24) is 0 Å². The molecule has 5 heteroatoms. The molecule has 0 saturated heterocycles. The van der Waals surface area contributed by atoms with E-state index in [1.54, 1.807) is 42.5 Å². The lowest BCUT2D eigenvalue weighted by atomic mass is 10.2. The van der Waals surface area contributed by atoms with E-state index >= 15 is 0 Å². The third-order valence-electron chi connectivity index (χ3n) is 2.77. The van der Waals surface area contributed by atoms with Gasteiger partial charge in [-0.15, -0.1) is 0 Å². The van der Waals surface area contributed by atoms with E-state index in [-0.39, 0.29) is 0 Å². The summed E-state index contributed by atoms with van der Waals surface area (Å²) in [7, 11) is 0. The molecule has 0 fully saturated rings. The molecule has 0 radical (unpaired) electrons. The zero-order chi connectivity index (χ0) is 16.1. The second-order valence-electron chi connectivity index (χ2n) is 5.19. The Hall–Kier alpha value is -1.52. The van der Waals surface area contributed by atoms with Crippen LogP contribution >= 0.6 is 27.5 Å². The van der Waals surface area contributed by atoms with E-state index < -0.39 is 5.97 Å². The molecule has 22 heavy (non-hydrogen) atoms. The predicted octanol–water partition coefficient (Wildman–Crippen LogP) is 5.36. The van der Waals surface area contributed by atoms with Crippen LogP contribution in [0.1, 0.15) is 24.2 Å². The number of ether oxygens (including phenoxy) is 2. The summed E-state index contributed by atoms with van der Waals surface area (Å²) in [6.45, 7) is 4.80. The fourth-order valence-corrected chi connectivity index (χ4v) is 2.43. The van der Waals surface area contributed by atoms with Gasteiger partial charge in [0, 0.05) is 5.02 Å². The Morgan fingerprint density at radius 1 is 1.18 bits per heavy atom. The first-order valence-electron chi connectivity index (χ1n) is 6.86. The van der Waals surface area contributed by atoms with E-state index in [4.69, 9.17) is 21.1 Å². The molecule has 0 heterocycles. The number of benzene rings is 2. The summed E-state index contributed by atoms with van der Waals surface area (Å²) in [6.07, 6.45) is 0. The molecule has 3 nitrogen and oxygen atoms in total. The van der Waals surface area contributed by atoms with E-state index in [0.29, 0.717) is 33.3 Å². The van der Waals surface area contributed by atoms with E-state index in [2.05, 4.69) is 29.8 Å². The van der Waals surface area contributed by atoms with Gasteiger partial charge < -0.3 is 9.47 Å². The fourth-order valence-electron chi connectivity index (χ4n) is 1.67. The Morgan fingerprint density at radius 2 is 1.86 bits per heavy atom. The average Bonchev–Trinajstić information content (AvgIpc) is 2.48. The molecule has 0 aliphatic rings. The second kappa shape index (κ2) is 7.65. The van der Waals surface area contributed by atoms with Gasteiger partial charge in [0.25, 0.3) is 0 Å². The van der Waals surface area contributed by atoms with Crippen molar-refractivity contribution >= 4 is 33.5 Å². The first-order chi connectivity index (χ1) is 10.5. The van der Waals surface area contributed by atoms with Crippen LogP contribution in [0.2, 0.25) is 5.02 Å². The molecule has 0 bridgehead atoms. The maximum Gasteiger partial charge on any atom is 0.343 e. The molecule has 0 aliphatic heterocycles. The molecule has 2 aromatic carbocycles. The molecule has 0 atom stereocenters. The van der Waals surface area contributed by atoms with Gasteiger partial charge in [-0.05, 0) is 64.3 Å². The molecule has 0 saturated carbocycles. The minimum Gasteiger partial charge on any atom is -0.493 e. The molecule has 0 spiro atoms. The third kappa shape index (κ3) is 4.75. The summed E-state index contributed by atoms with van der Waals surface area (Å²) in [5, 5.41) is 0.568. The van der Waals surface area contributed by atoms with Gasteiger partial charge in [0.2, 0.25) is 0 Å². The van der Waals surface area contributed by atoms with Crippen LogP contribution in [-0.4, -0.2) is 12.6 Å². The van der Waals surface area contributed by atoms with Crippen molar-refractivity contribution in [3.63, 3.8) is 0 Å². The van der Waals surface area contributed by atoms with Crippen LogP contribution in [0, 0.1) is 5.92 Å². The Bertz CT molecular complexity index is 653. The first-order valence-corrected chi connectivity index (χ1v) is 8.03. The lowest BCUT2D eigenvalue weighted by molar-refractivity contribution is 0.0733. The molecule has 2 aromatic rings. The van der Waals surface area contributed by atoms with Crippen LogP contribution in [0.4, 0.5) is 0 Å². The maximum absolute atomic E-state index is 12.1. The first kappa shape index (κ1) is 16.8. The fraction of sp³-hybridized carbons (Fsp3) is 0.235. The largest absolute Gasteiger partial charge is 0.493 e. The summed E-state index contributed by atoms with van der Waals surface area (Å²) in [6, 6.07) is 11.9. The molecule has 0 aromatic heterocycles. The Kier molecular flexibility index (Phi) is 5.86. The Labute approximate surface area is 143 Å². The molecule has 0 unspecified atom stereocenters. The summed E-state index contributed by atoms with van der Waals surface area (Å²) in [5.74, 6) is 1.18. The number of carbonyl (C=O) groups excluding carboxylic acids is 1. The normalized spacial score (nSPS) is 10.6. The molecule has 0 aliphatic carbocycles. The van der Waals surface area contributed by atoms with Crippen LogP contribution in [0.5, 0.6) is 11.5 Å². The zero-order valence-corrected chi connectivity index (χ0v) is 14.6. The summed E-state index contributed by atoms with van der Waals surface area (Å²) in [4.78, 5) is 12.1. The highest BCUT2D eigenvalue weighted by atomic mass is 79.9. The van der Waals surface area contributed by atoms with Crippen molar-refractivity contribution in [2.75, 3.05) is 6.61 Å². The number of halogens is 2. The number of hydrogen-bond donors (Lipinski definition) is 0. The maximum atomic E-state index is 12.1. The van der Waals surface area contributed by atoms with Crippen molar-refractivity contribution in [2.45, 2.75) is 13.8 Å². The summed E-state index contributed by atoms with van der Waals surface area (Å²) in [5.41, 5.74) is 0.457. The van der Waals surface area contributed by atoms with Gasteiger partial charge in [-0.25, -0.2) is 4.79 Å². The zero-order valence-electron chi connectivity index (χ0n) is 12.3. The number of carbonyl (C=O) groups is 1. The van der Waals surface area contributed by atoms with Gasteiger partial charge in [0.15, 0.2) is 0 Å². The van der Waals surface area contributed by atoms with Crippen LogP contribution < -0.4 is 9.47 Å². The van der Waals surface area contributed by atoms with E-state index in [9.17, 15) is 4.79 Å². The van der Waals surface area contributed by atoms with E-state index in [1.807, 2.05) is 0 Å². The van der Waals surface area contributed by atoms with Crippen LogP contribution in [0.25, 0.3) is 0 Å². The van der Waals surface area contributed by atoms with Crippen molar-refractivity contribution in [2.24, 2.45) is 5.92 Å². The average molecular weight is 384 g/mol. The highest BCUT2D eigenvalue weighted by Crippen LogP contribution is 2.28. The molecular weight excluding hydrogens is 368 g/mol. The highest BCUT2D eigenvalue weighted by molar-refractivity contribution is 9.10. The van der Waals surface area contributed by atoms with Crippen molar-refractivity contribution < 1.29 is 14.3 Å². The number of esters is 1. The standard InChI is InChI=1S/C17H16BrClO3/c1-11(2)10-21-14-6-3-12(4-7-14)17(20)22-16-8-5-13(19)9-15(16)18/h3-9,11H,10H2,1-2H3. The quantitative estimate of drug-likeness (QED) is 0.515. The lowest BCUT2D eigenvalue weighted by Crippen LogP contribution is -2.09. The van der Waals surface area contributed by atoms with Gasteiger partial charge in [0.05, 0.1) is 16.6 Å². The molecular formula is C17H16BrClO3. The minimum absolute atomic E-state index is 0.425. The summed E-state index contributed by atoms with van der Waals surface area (Å²) >= 11 is 9.17. The SMILES string of the molecule is CC(C)COc1ccc(C(=O)Oc2ccc(Cl)cc2Br)cc1. The number of rotatable bonds is 5. The smallest absolute Gasteiger partial charge is 0.343 e. The lowest BCUT2D eigenvalue weighted by Gasteiger charge is -2.09. The van der Waals surface area contributed by atoms with Crippen molar-refractivity contribution in [1.29, 1.82) is 0 Å². The topological polar surface area (TPSA) is 35.5 Å². The van der Waals surface area contributed by atoms with Crippen LogP contribution in [-0.2, 0) is 0 Å². The van der Waals surface area contributed by atoms with Gasteiger partial charge >= 0.3 is 5.97 Å². The van der Waals surface area contributed by atoms with Crippen LogP contribution in [0.15, 0.2) is 46.9 Å². The number of hydrogen-bond acceptors (Lipinski definition) is 3. The molecule has 116 valence electrons. The molecule has 0 amide bonds. The predicted molar refractivity (Wildman–Crippen MR) is 90.9 cm³/mol. The Morgan fingerprint density at radius 3 is 2.45 bits per heavy atom. The third-order valence-corrected chi connectivity index (χ3v) is 3.62. The van der Waals surface area contributed by atoms with E-state index in [1.165, 1.54) is 0 Å². The highest BCUT2D eigenvalue weighted by Gasteiger charge is 2.11. The van der Waals surface area contributed by atoms with Gasteiger partial charge in [-0.3, -0.25) is 0 Å². The van der Waals surface area contributed by atoms with Gasteiger partial charge in [-0.1, -0.05) is 25.4 Å². The molecule has 2 rings (SSSR count). The second-order valence-corrected chi connectivity index (χ2v) is 6.48. The Balaban J connectivity index is 2.03.